The number of carbonyl (C=O) groups is 3. The molecule has 1 saturated heterocycles. The van der Waals surface area contributed by atoms with Crippen LogP contribution in [-0.4, -0.2) is 40.8 Å². The van der Waals surface area contributed by atoms with Gasteiger partial charge < -0.3 is 15.0 Å². The molecule has 178 valence electrons. The van der Waals surface area contributed by atoms with Crippen LogP contribution < -0.4 is 15.4 Å². The summed E-state index contributed by atoms with van der Waals surface area (Å²) in [7, 11) is 0. The Morgan fingerprint density at radius 2 is 1.82 bits per heavy atom. The molecule has 1 saturated carbocycles. The molecule has 2 N–H and O–H groups in total. The number of carbonyl (C=O) groups excluding carboxylic acids is 3. The third kappa shape index (κ3) is 4.57. The van der Waals surface area contributed by atoms with Crippen molar-refractivity contribution < 1.29 is 19.1 Å². The average molecular weight is 462 g/mol. The number of piperidine rings is 1. The quantitative estimate of drug-likeness (QED) is 0.643. The van der Waals surface area contributed by atoms with Gasteiger partial charge in [0.05, 0.1) is 0 Å². The highest BCUT2D eigenvalue weighted by molar-refractivity contribution is 6.05. The maximum atomic E-state index is 12.9. The minimum atomic E-state index is -0.603. The van der Waals surface area contributed by atoms with Gasteiger partial charge in [0.25, 0.3) is 5.91 Å². The molecule has 0 aromatic heterocycles. The second-order valence-corrected chi connectivity index (χ2v) is 9.57. The lowest BCUT2D eigenvalue weighted by molar-refractivity contribution is -0.136. The SMILES string of the molecule is C[C@@H](N[C@@H]1CCCC[C@@H]1Oc1ccc2c(c1)CN(C1CCC(=O)NC1=O)C2=O)c1ccccc1. The highest BCUT2D eigenvalue weighted by Gasteiger charge is 2.39. The van der Waals surface area contributed by atoms with Crippen molar-refractivity contribution in [2.24, 2.45) is 0 Å². The van der Waals surface area contributed by atoms with Crippen LogP contribution in [0.4, 0.5) is 0 Å². The Labute approximate surface area is 199 Å². The molecular formula is C27H31N3O4. The monoisotopic (exact) mass is 461 g/mol. The van der Waals surface area contributed by atoms with Gasteiger partial charge in [-0.2, -0.15) is 0 Å². The minimum absolute atomic E-state index is 0.0568. The molecule has 3 aliphatic rings. The van der Waals surface area contributed by atoms with E-state index >= 15 is 0 Å². The molecular weight excluding hydrogens is 430 g/mol. The van der Waals surface area contributed by atoms with Crippen molar-refractivity contribution in [1.82, 2.24) is 15.5 Å². The Hall–Kier alpha value is -3.19. The molecule has 2 fully saturated rings. The van der Waals surface area contributed by atoms with Crippen LogP contribution in [-0.2, 0) is 16.1 Å². The fourth-order valence-corrected chi connectivity index (χ4v) is 5.39. The summed E-state index contributed by atoms with van der Waals surface area (Å²) < 4.78 is 6.46. The predicted octanol–water partition coefficient (Wildman–Crippen LogP) is 3.49. The topological polar surface area (TPSA) is 87.7 Å². The number of amides is 3. The van der Waals surface area contributed by atoms with Gasteiger partial charge in [0.1, 0.15) is 17.9 Å². The highest BCUT2D eigenvalue weighted by Crippen LogP contribution is 2.32. The number of ether oxygens (including phenoxy) is 1. The molecule has 7 nitrogen and oxygen atoms in total. The van der Waals surface area contributed by atoms with E-state index in [9.17, 15) is 14.4 Å². The summed E-state index contributed by atoms with van der Waals surface area (Å²) in [5, 5.41) is 6.11. The first-order chi connectivity index (χ1) is 16.5. The first kappa shape index (κ1) is 22.6. The Balaban J connectivity index is 1.27. The number of hydrogen-bond donors (Lipinski definition) is 2. The number of nitrogens with one attached hydrogen (secondary N) is 2. The number of benzene rings is 2. The van der Waals surface area contributed by atoms with Gasteiger partial charge >= 0.3 is 0 Å². The van der Waals surface area contributed by atoms with Gasteiger partial charge in [-0.1, -0.05) is 36.8 Å². The molecule has 4 atom stereocenters. The number of fused-ring (bicyclic) bond motifs is 1. The van der Waals surface area contributed by atoms with Gasteiger partial charge in [-0.05, 0) is 61.9 Å². The maximum Gasteiger partial charge on any atom is 0.255 e. The first-order valence-electron chi connectivity index (χ1n) is 12.2. The highest BCUT2D eigenvalue weighted by atomic mass is 16.5. The van der Waals surface area contributed by atoms with Crippen LogP contribution in [0.15, 0.2) is 48.5 Å². The van der Waals surface area contributed by atoms with Crippen molar-refractivity contribution in [3.8, 4) is 5.75 Å². The van der Waals surface area contributed by atoms with E-state index in [0.717, 1.165) is 30.6 Å². The minimum Gasteiger partial charge on any atom is -0.489 e. The molecule has 0 radical (unpaired) electrons. The number of imide groups is 1. The van der Waals surface area contributed by atoms with Crippen molar-refractivity contribution in [3.63, 3.8) is 0 Å². The second kappa shape index (κ2) is 9.58. The Morgan fingerprint density at radius 1 is 1.03 bits per heavy atom. The summed E-state index contributed by atoms with van der Waals surface area (Å²) >= 11 is 0. The molecule has 34 heavy (non-hydrogen) atoms. The zero-order valence-corrected chi connectivity index (χ0v) is 19.5. The standard InChI is InChI=1S/C27H31N3O4/c1-17(18-7-3-2-4-8-18)28-22-9-5-6-10-24(22)34-20-11-12-21-19(15-20)16-30(27(21)33)23-13-14-25(31)29-26(23)32/h2-4,7-8,11-12,15,17,22-24,28H,5-6,9-10,13-14,16H2,1H3,(H,29,31,32)/t17-,22-,23?,24+/m1/s1. The van der Waals surface area contributed by atoms with Crippen LogP contribution in [0.25, 0.3) is 0 Å². The summed E-state index contributed by atoms with van der Waals surface area (Å²) in [5.74, 6) is -0.0801. The van der Waals surface area contributed by atoms with Crippen molar-refractivity contribution >= 4 is 17.7 Å². The molecule has 1 aliphatic carbocycles. The largest absolute Gasteiger partial charge is 0.489 e. The van der Waals surface area contributed by atoms with Crippen molar-refractivity contribution in [2.75, 3.05) is 0 Å². The molecule has 2 heterocycles. The molecule has 3 amide bonds. The lowest BCUT2D eigenvalue weighted by atomic mass is 9.91. The zero-order valence-electron chi connectivity index (χ0n) is 19.5. The molecule has 1 unspecified atom stereocenters. The van der Waals surface area contributed by atoms with E-state index in [1.807, 2.05) is 18.2 Å². The maximum absolute atomic E-state index is 12.9. The lowest BCUT2D eigenvalue weighted by Gasteiger charge is -2.34. The van der Waals surface area contributed by atoms with Gasteiger partial charge in [0.15, 0.2) is 0 Å². The molecule has 7 heteroatoms. The van der Waals surface area contributed by atoms with Gasteiger partial charge in [-0.25, -0.2) is 0 Å². The fourth-order valence-electron chi connectivity index (χ4n) is 5.39. The van der Waals surface area contributed by atoms with Gasteiger partial charge in [0, 0.05) is 30.6 Å². The Morgan fingerprint density at radius 3 is 2.62 bits per heavy atom. The Bertz CT molecular complexity index is 1090. The Kier molecular flexibility index (Phi) is 6.37. The van der Waals surface area contributed by atoms with Gasteiger partial charge in [0.2, 0.25) is 11.8 Å². The molecule has 2 aliphatic heterocycles. The van der Waals surface area contributed by atoms with E-state index in [0.29, 0.717) is 18.5 Å². The van der Waals surface area contributed by atoms with Crippen LogP contribution >= 0.6 is 0 Å². The molecule has 0 spiro atoms. The average Bonchev–Trinajstić information content (AvgIpc) is 3.16. The van der Waals surface area contributed by atoms with E-state index in [-0.39, 0.29) is 36.4 Å². The van der Waals surface area contributed by atoms with Crippen LogP contribution in [0.3, 0.4) is 0 Å². The van der Waals surface area contributed by atoms with Crippen molar-refractivity contribution in [3.05, 3.63) is 65.2 Å². The molecule has 2 aromatic rings. The van der Waals surface area contributed by atoms with Crippen molar-refractivity contribution in [1.29, 1.82) is 0 Å². The van der Waals surface area contributed by atoms with E-state index in [1.165, 1.54) is 12.0 Å². The fraction of sp³-hybridized carbons (Fsp3) is 0.444. The lowest BCUT2D eigenvalue weighted by Crippen LogP contribution is -2.52. The van der Waals surface area contributed by atoms with Crippen molar-refractivity contribution in [2.45, 2.75) is 76.2 Å². The van der Waals surface area contributed by atoms with E-state index < -0.39 is 11.9 Å². The third-order valence-electron chi connectivity index (χ3n) is 7.25. The molecule has 0 bridgehead atoms. The number of nitrogens with zero attached hydrogens (tertiary/aromatic N) is 1. The summed E-state index contributed by atoms with van der Waals surface area (Å²) in [6.07, 6.45) is 5.03. The van der Waals surface area contributed by atoms with E-state index in [2.05, 4.69) is 41.8 Å². The first-order valence-corrected chi connectivity index (χ1v) is 12.2. The molecule has 5 rings (SSSR count). The summed E-state index contributed by atoms with van der Waals surface area (Å²) in [4.78, 5) is 38.3. The van der Waals surface area contributed by atoms with E-state index in [4.69, 9.17) is 4.74 Å². The van der Waals surface area contributed by atoms with Crippen LogP contribution in [0.2, 0.25) is 0 Å². The molecule has 2 aromatic carbocycles. The predicted molar refractivity (Wildman–Crippen MR) is 127 cm³/mol. The van der Waals surface area contributed by atoms with Gasteiger partial charge in [-0.15, -0.1) is 0 Å². The van der Waals surface area contributed by atoms with Crippen LogP contribution in [0.5, 0.6) is 5.75 Å². The van der Waals surface area contributed by atoms with E-state index in [1.54, 1.807) is 11.0 Å². The van der Waals surface area contributed by atoms with Crippen LogP contribution in [0, 0.1) is 0 Å². The number of hydrogen-bond acceptors (Lipinski definition) is 5. The number of rotatable bonds is 6. The smallest absolute Gasteiger partial charge is 0.255 e. The third-order valence-corrected chi connectivity index (χ3v) is 7.25. The van der Waals surface area contributed by atoms with Crippen LogP contribution in [0.1, 0.15) is 73.0 Å². The normalized spacial score (nSPS) is 25.6. The summed E-state index contributed by atoms with van der Waals surface area (Å²) in [5.41, 5.74) is 2.73. The zero-order chi connectivity index (χ0) is 23.7. The summed E-state index contributed by atoms with van der Waals surface area (Å²) in [6.45, 7) is 2.54. The second-order valence-electron chi connectivity index (χ2n) is 9.57. The van der Waals surface area contributed by atoms with Gasteiger partial charge in [-0.3, -0.25) is 19.7 Å². The summed E-state index contributed by atoms with van der Waals surface area (Å²) in [6, 6.07) is 15.9.